The predicted octanol–water partition coefficient (Wildman–Crippen LogP) is 5.12. The average molecular weight is 285 g/mol. The number of nitrogens with one attached hydrogen (secondary N) is 1. The van der Waals surface area contributed by atoms with Gasteiger partial charge < -0.3 is 5.32 Å². The number of rotatable bonds is 6. The van der Waals surface area contributed by atoms with E-state index in [2.05, 4.69) is 44.3 Å². The molecule has 1 atom stereocenters. The van der Waals surface area contributed by atoms with E-state index in [1.165, 1.54) is 5.56 Å². The summed E-state index contributed by atoms with van der Waals surface area (Å²) in [5, 5.41) is 3.48. The molecule has 0 aromatic heterocycles. The van der Waals surface area contributed by atoms with Crippen LogP contribution in [-0.2, 0) is 6.42 Å². The van der Waals surface area contributed by atoms with Crippen LogP contribution in [0.4, 0.5) is 4.39 Å². The topological polar surface area (TPSA) is 12.0 Å². The second kappa shape index (κ2) is 7.37. The fourth-order valence-electron chi connectivity index (χ4n) is 2.59. The zero-order valence-corrected chi connectivity index (χ0v) is 13.1. The molecule has 1 N–H and O–H groups in total. The summed E-state index contributed by atoms with van der Waals surface area (Å²) < 4.78 is 13.7. The number of aryl methyl sites for hydroxylation is 1. The van der Waals surface area contributed by atoms with Crippen LogP contribution in [0.25, 0.3) is 11.1 Å². The molecule has 0 heterocycles. The molecule has 0 spiro atoms. The molecule has 1 nitrogen and oxygen atoms in total. The number of halogens is 1. The lowest BCUT2D eigenvalue weighted by atomic mass is 9.94. The molecule has 0 aliphatic carbocycles. The van der Waals surface area contributed by atoms with E-state index in [0.29, 0.717) is 0 Å². The maximum atomic E-state index is 13.7. The molecule has 0 fully saturated rings. The van der Waals surface area contributed by atoms with E-state index in [1.807, 2.05) is 12.1 Å². The SMILES string of the molecule is CCCNC(C)c1ccc(F)cc1-c1cccc(CC)c1. The minimum atomic E-state index is -0.182. The van der Waals surface area contributed by atoms with E-state index < -0.39 is 0 Å². The highest BCUT2D eigenvalue weighted by molar-refractivity contribution is 5.68. The van der Waals surface area contributed by atoms with Crippen LogP contribution >= 0.6 is 0 Å². The van der Waals surface area contributed by atoms with Gasteiger partial charge >= 0.3 is 0 Å². The Morgan fingerprint density at radius 2 is 1.90 bits per heavy atom. The molecule has 0 radical (unpaired) electrons. The number of hydrogen-bond acceptors (Lipinski definition) is 1. The van der Waals surface area contributed by atoms with Crippen LogP contribution in [0.2, 0.25) is 0 Å². The Kier molecular flexibility index (Phi) is 5.51. The van der Waals surface area contributed by atoms with Gasteiger partial charge in [0.15, 0.2) is 0 Å². The minimum Gasteiger partial charge on any atom is -0.310 e. The van der Waals surface area contributed by atoms with Crippen molar-refractivity contribution in [3.63, 3.8) is 0 Å². The van der Waals surface area contributed by atoms with Gasteiger partial charge in [-0.1, -0.05) is 44.2 Å². The van der Waals surface area contributed by atoms with Gasteiger partial charge in [-0.05, 0) is 60.7 Å². The first-order valence-corrected chi connectivity index (χ1v) is 7.77. The molecule has 2 heteroatoms. The quantitative estimate of drug-likeness (QED) is 0.777. The average Bonchev–Trinajstić information content (AvgIpc) is 2.52. The van der Waals surface area contributed by atoms with E-state index in [1.54, 1.807) is 12.1 Å². The Balaban J connectivity index is 2.43. The number of hydrogen-bond donors (Lipinski definition) is 1. The lowest BCUT2D eigenvalue weighted by molar-refractivity contribution is 0.569. The van der Waals surface area contributed by atoms with Crippen molar-refractivity contribution >= 4 is 0 Å². The summed E-state index contributed by atoms with van der Waals surface area (Å²) in [4.78, 5) is 0. The molecule has 112 valence electrons. The lowest BCUT2D eigenvalue weighted by Crippen LogP contribution is -2.20. The normalized spacial score (nSPS) is 12.4. The van der Waals surface area contributed by atoms with Crippen LogP contribution in [0, 0.1) is 5.82 Å². The van der Waals surface area contributed by atoms with Crippen molar-refractivity contribution in [2.75, 3.05) is 6.54 Å². The van der Waals surface area contributed by atoms with Crippen molar-refractivity contribution in [2.24, 2.45) is 0 Å². The summed E-state index contributed by atoms with van der Waals surface area (Å²) >= 11 is 0. The van der Waals surface area contributed by atoms with Crippen molar-refractivity contribution in [2.45, 2.75) is 39.7 Å². The summed E-state index contributed by atoms with van der Waals surface area (Å²) in [6.45, 7) is 7.39. The van der Waals surface area contributed by atoms with E-state index >= 15 is 0 Å². The van der Waals surface area contributed by atoms with Crippen LogP contribution in [0.5, 0.6) is 0 Å². The molecule has 1 unspecified atom stereocenters. The van der Waals surface area contributed by atoms with Crippen LogP contribution in [0.3, 0.4) is 0 Å². The van der Waals surface area contributed by atoms with E-state index in [0.717, 1.165) is 36.1 Å². The summed E-state index contributed by atoms with van der Waals surface area (Å²) in [5.41, 5.74) is 4.50. The van der Waals surface area contributed by atoms with Gasteiger partial charge in [0.25, 0.3) is 0 Å². The van der Waals surface area contributed by atoms with E-state index in [-0.39, 0.29) is 11.9 Å². The third kappa shape index (κ3) is 3.92. The Bertz CT molecular complexity index is 592. The molecule has 0 bridgehead atoms. The lowest BCUT2D eigenvalue weighted by Gasteiger charge is -2.18. The zero-order valence-electron chi connectivity index (χ0n) is 13.1. The highest BCUT2D eigenvalue weighted by atomic mass is 19.1. The highest BCUT2D eigenvalue weighted by Gasteiger charge is 2.12. The fraction of sp³-hybridized carbons (Fsp3) is 0.368. The monoisotopic (exact) mass is 285 g/mol. The Hall–Kier alpha value is -1.67. The van der Waals surface area contributed by atoms with Gasteiger partial charge in [0, 0.05) is 6.04 Å². The molecular weight excluding hydrogens is 261 g/mol. The van der Waals surface area contributed by atoms with Gasteiger partial charge in [-0.3, -0.25) is 0 Å². The van der Waals surface area contributed by atoms with E-state index in [9.17, 15) is 4.39 Å². The molecule has 2 aromatic rings. The largest absolute Gasteiger partial charge is 0.310 e. The van der Waals surface area contributed by atoms with Gasteiger partial charge in [0.1, 0.15) is 5.82 Å². The van der Waals surface area contributed by atoms with Gasteiger partial charge in [0.2, 0.25) is 0 Å². The highest BCUT2D eigenvalue weighted by Crippen LogP contribution is 2.29. The smallest absolute Gasteiger partial charge is 0.123 e. The Morgan fingerprint density at radius 3 is 2.62 bits per heavy atom. The van der Waals surface area contributed by atoms with E-state index in [4.69, 9.17) is 0 Å². The standard InChI is InChI=1S/C19H24FN/c1-4-11-21-14(3)18-10-9-17(20)13-19(18)16-8-6-7-15(5-2)12-16/h6-10,12-14,21H,4-5,11H2,1-3H3. The second-order valence-electron chi connectivity index (χ2n) is 5.46. The number of benzene rings is 2. The van der Waals surface area contributed by atoms with Gasteiger partial charge in [-0.2, -0.15) is 0 Å². The van der Waals surface area contributed by atoms with Crippen LogP contribution in [-0.4, -0.2) is 6.54 Å². The van der Waals surface area contributed by atoms with Crippen LogP contribution < -0.4 is 5.32 Å². The third-order valence-corrected chi connectivity index (χ3v) is 3.83. The zero-order chi connectivity index (χ0) is 15.2. The van der Waals surface area contributed by atoms with Crippen molar-refractivity contribution in [1.29, 1.82) is 0 Å². The van der Waals surface area contributed by atoms with Gasteiger partial charge in [-0.15, -0.1) is 0 Å². The Morgan fingerprint density at radius 1 is 1.10 bits per heavy atom. The maximum Gasteiger partial charge on any atom is 0.123 e. The van der Waals surface area contributed by atoms with Crippen molar-refractivity contribution < 1.29 is 4.39 Å². The van der Waals surface area contributed by atoms with Crippen LogP contribution in [0.15, 0.2) is 42.5 Å². The minimum absolute atomic E-state index is 0.182. The van der Waals surface area contributed by atoms with Gasteiger partial charge in [0.05, 0.1) is 0 Å². The fourth-order valence-corrected chi connectivity index (χ4v) is 2.59. The maximum absolute atomic E-state index is 13.7. The van der Waals surface area contributed by atoms with Crippen molar-refractivity contribution in [3.8, 4) is 11.1 Å². The van der Waals surface area contributed by atoms with Crippen molar-refractivity contribution in [1.82, 2.24) is 5.32 Å². The molecule has 21 heavy (non-hydrogen) atoms. The molecule has 2 rings (SSSR count). The molecule has 0 aliphatic heterocycles. The summed E-state index contributed by atoms with van der Waals surface area (Å²) in [5.74, 6) is -0.182. The first-order chi connectivity index (χ1) is 10.2. The third-order valence-electron chi connectivity index (χ3n) is 3.83. The van der Waals surface area contributed by atoms with Crippen LogP contribution in [0.1, 0.15) is 44.4 Å². The molecule has 0 amide bonds. The first kappa shape index (κ1) is 15.7. The molecule has 2 aromatic carbocycles. The predicted molar refractivity (Wildman–Crippen MR) is 87.9 cm³/mol. The Labute approximate surface area is 127 Å². The molecule has 0 saturated heterocycles. The summed E-state index contributed by atoms with van der Waals surface area (Å²) in [6, 6.07) is 13.7. The van der Waals surface area contributed by atoms with Crippen molar-refractivity contribution in [3.05, 3.63) is 59.4 Å². The first-order valence-electron chi connectivity index (χ1n) is 7.77. The van der Waals surface area contributed by atoms with Gasteiger partial charge in [-0.25, -0.2) is 4.39 Å². The summed E-state index contributed by atoms with van der Waals surface area (Å²) in [7, 11) is 0. The molecular formula is C19H24FN. The summed E-state index contributed by atoms with van der Waals surface area (Å²) in [6.07, 6.45) is 2.08. The second-order valence-corrected chi connectivity index (χ2v) is 5.46. The molecule has 0 saturated carbocycles. The molecule has 0 aliphatic rings.